The summed E-state index contributed by atoms with van der Waals surface area (Å²) in [5.41, 5.74) is 5.17. The Balaban J connectivity index is 1.76. The zero-order valence-corrected chi connectivity index (χ0v) is 19.3. The van der Waals surface area contributed by atoms with Crippen molar-refractivity contribution < 1.29 is 13.9 Å². The van der Waals surface area contributed by atoms with Gasteiger partial charge in [-0.3, -0.25) is 5.10 Å². The van der Waals surface area contributed by atoms with Crippen LogP contribution < -0.4 is 14.9 Å². The van der Waals surface area contributed by atoms with Gasteiger partial charge >= 0.3 is 0 Å². The van der Waals surface area contributed by atoms with E-state index < -0.39 is 0 Å². The van der Waals surface area contributed by atoms with Crippen molar-refractivity contribution >= 4 is 28.1 Å². The highest BCUT2D eigenvalue weighted by atomic mass is 79.9. The number of nitrogens with zero attached hydrogens (tertiary/aromatic N) is 2. The molecule has 30 heavy (non-hydrogen) atoms. The highest BCUT2D eigenvalue weighted by Crippen LogP contribution is 2.34. The number of halogens is 2. The predicted molar refractivity (Wildman–Crippen MR) is 121 cm³/mol. The smallest absolute Gasteiger partial charge is 0.214 e. The summed E-state index contributed by atoms with van der Waals surface area (Å²) >= 11 is 8.93. The van der Waals surface area contributed by atoms with Crippen LogP contribution in [0.5, 0.6) is 11.5 Å². The summed E-state index contributed by atoms with van der Waals surface area (Å²) in [7, 11) is 0. The highest BCUT2D eigenvalue weighted by Gasteiger charge is 2.13. The zero-order chi connectivity index (χ0) is 21.5. The first-order chi connectivity index (χ1) is 14.5. The van der Waals surface area contributed by atoms with Crippen molar-refractivity contribution in [1.82, 2.24) is 14.9 Å². The Morgan fingerprint density at radius 3 is 2.60 bits per heavy atom. The highest BCUT2D eigenvalue weighted by molar-refractivity contribution is 9.10. The van der Waals surface area contributed by atoms with Gasteiger partial charge in [-0.2, -0.15) is 5.10 Å². The number of nitrogens with one attached hydrogen (secondary N) is 2. The van der Waals surface area contributed by atoms with Crippen LogP contribution in [0.1, 0.15) is 37.2 Å². The van der Waals surface area contributed by atoms with Gasteiger partial charge in [0.15, 0.2) is 17.3 Å². The van der Waals surface area contributed by atoms with E-state index in [0.29, 0.717) is 36.0 Å². The van der Waals surface area contributed by atoms with E-state index in [2.05, 4.69) is 38.5 Å². The molecule has 0 saturated heterocycles. The third kappa shape index (κ3) is 5.60. The Labute approximate surface area is 188 Å². The Morgan fingerprint density at radius 2 is 1.90 bits per heavy atom. The van der Waals surface area contributed by atoms with E-state index in [1.807, 2.05) is 19.1 Å². The zero-order valence-electron chi connectivity index (χ0n) is 16.9. The maximum Gasteiger partial charge on any atom is 0.214 e. The molecule has 3 aromatic rings. The molecule has 0 amide bonds. The lowest BCUT2D eigenvalue weighted by atomic mass is 10.2. The maximum atomic E-state index is 13.1. The Kier molecular flexibility index (Phi) is 7.87. The fourth-order valence-corrected chi connectivity index (χ4v) is 3.56. The summed E-state index contributed by atoms with van der Waals surface area (Å²) in [6.07, 6.45) is 1.79. The van der Waals surface area contributed by atoms with Crippen molar-refractivity contribution in [2.75, 3.05) is 12.0 Å². The molecular formula is C21H24BrFN4O2S. The molecular weight excluding hydrogens is 471 g/mol. The number of H-pyrrole nitrogens is 1. The number of aromatic amines is 1. The number of aromatic nitrogens is 3. The van der Waals surface area contributed by atoms with Crippen molar-refractivity contribution in [1.29, 1.82) is 0 Å². The van der Waals surface area contributed by atoms with Gasteiger partial charge in [-0.1, -0.05) is 35.0 Å². The minimum atomic E-state index is -0.270. The van der Waals surface area contributed by atoms with Gasteiger partial charge in [0.05, 0.1) is 13.2 Å². The molecule has 9 heteroatoms. The molecule has 1 aromatic heterocycles. The predicted octanol–water partition coefficient (Wildman–Crippen LogP) is 5.52. The summed E-state index contributed by atoms with van der Waals surface area (Å²) in [4.78, 5) is 0. The van der Waals surface area contributed by atoms with Crippen molar-refractivity contribution in [3.63, 3.8) is 0 Å². The summed E-state index contributed by atoms with van der Waals surface area (Å²) in [5, 5.41) is 7.09. The summed E-state index contributed by atoms with van der Waals surface area (Å²) < 4.78 is 28.0. The molecule has 0 unspecified atom stereocenters. The molecule has 0 bridgehead atoms. The lowest BCUT2D eigenvalue weighted by Crippen LogP contribution is -2.18. The second-order valence-corrected chi connectivity index (χ2v) is 7.84. The molecule has 3 rings (SSSR count). The Bertz CT molecular complexity index is 1040. The summed E-state index contributed by atoms with van der Waals surface area (Å²) in [5.74, 6) is 1.85. The third-order valence-corrected chi connectivity index (χ3v) is 5.38. The number of hydrogen-bond donors (Lipinski definition) is 2. The normalized spacial score (nSPS) is 10.8. The molecule has 160 valence electrons. The topological polar surface area (TPSA) is 64.1 Å². The van der Waals surface area contributed by atoms with Crippen LogP contribution in [0.2, 0.25) is 0 Å². The molecule has 0 fully saturated rings. The Hall–Kier alpha value is -2.39. The Morgan fingerprint density at radius 1 is 1.17 bits per heavy atom. The second kappa shape index (κ2) is 10.6. The van der Waals surface area contributed by atoms with Gasteiger partial charge in [-0.05, 0) is 61.0 Å². The first-order valence-electron chi connectivity index (χ1n) is 9.74. The standard InChI is InChI=1S/C21H24BrFN4O2S/c1-3-5-20-25-26-21(30)27(20)24-12-15-10-18(28-4-2)19(11-17(15)22)29-13-14-6-8-16(23)9-7-14/h6-11,24H,3-5,12-13H2,1-2H3,(H,26,30). The van der Waals surface area contributed by atoms with Crippen LogP contribution in [0.15, 0.2) is 40.9 Å². The largest absolute Gasteiger partial charge is 0.490 e. The molecule has 1 heterocycles. The molecule has 0 aliphatic rings. The van der Waals surface area contributed by atoms with E-state index >= 15 is 0 Å². The summed E-state index contributed by atoms with van der Waals surface area (Å²) in [6, 6.07) is 10.1. The minimum absolute atomic E-state index is 0.270. The monoisotopic (exact) mass is 494 g/mol. The average Bonchev–Trinajstić information content (AvgIpc) is 3.08. The lowest BCUT2D eigenvalue weighted by Gasteiger charge is -2.16. The first-order valence-corrected chi connectivity index (χ1v) is 10.9. The fourth-order valence-electron chi connectivity index (χ4n) is 2.88. The van der Waals surface area contributed by atoms with E-state index in [4.69, 9.17) is 21.7 Å². The van der Waals surface area contributed by atoms with Gasteiger partial charge in [0.2, 0.25) is 4.77 Å². The molecule has 0 radical (unpaired) electrons. The lowest BCUT2D eigenvalue weighted by molar-refractivity contribution is 0.269. The quantitative estimate of drug-likeness (QED) is 0.363. The minimum Gasteiger partial charge on any atom is -0.490 e. The van der Waals surface area contributed by atoms with Crippen LogP contribution >= 0.6 is 28.1 Å². The van der Waals surface area contributed by atoms with E-state index in [9.17, 15) is 4.39 Å². The molecule has 0 spiro atoms. The third-order valence-electron chi connectivity index (χ3n) is 4.36. The van der Waals surface area contributed by atoms with Gasteiger partial charge in [0.25, 0.3) is 0 Å². The fraction of sp³-hybridized carbons (Fsp3) is 0.333. The number of hydrogen-bond acceptors (Lipinski definition) is 5. The molecule has 2 N–H and O–H groups in total. The van der Waals surface area contributed by atoms with Crippen molar-refractivity contribution in [2.45, 2.75) is 39.8 Å². The molecule has 0 aliphatic heterocycles. The van der Waals surface area contributed by atoms with Gasteiger partial charge in [0, 0.05) is 10.9 Å². The summed E-state index contributed by atoms with van der Waals surface area (Å²) in [6.45, 7) is 5.36. The van der Waals surface area contributed by atoms with Crippen LogP contribution in [0, 0.1) is 10.6 Å². The van der Waals surface area contributed by atoms with E-state index in [1.54, 1.807) is 16.8 Å². The van der Waals surface area contributed by atoms with Crippen LogP contribution in [0.25, 0.3) is 0 Å². The SMILES string of the molecule is CCCc1n[nH]c(=S)n1NCc1cc(OCC)c(OCc2ccc(F)cc2)cc1Br. The molecule has 0 aliphatic carbocycles. The molecule has 2 aromatic carbocycles. The molecule has 0 atom stereocenters. The molecule has 0 saturated carbocycles. The number of aryl methyl sites for hydroxylation is 1. The van der Waals surface area contributed by atoms with Crippen molar-refractivity contribution in [3.8, 4) is 11.5 Å². The van der Waals surface area contributed by atoms with Gasteiger partial charge < -0.3 is 14.9 Å². The number of rotatable bonds is 10. The van der Waals surface area contributed by atoms with E-state index in [1.165, 1.54) is 12.1 Å². The van der Waals surface area contributed by atoms with Gasteiger partial charge in [0.1, 0.15) is 12.4 Å². The van der Waals surface area contributed by atoms with E-state index in [-0.39, 0.29) is 5.82 Å². The van der Waals surface area contributed by atoms with E-state index in [0.717, 1.165) is 34.3 Å². The average molecular weight is 495 g/mol. The number of ether oxygens (including phenoxy) is 2. The van der Waals surface area contributed by atoms with Crippen molar-refractivity contribution in [3.05, 3.63) is 68.4 Å². The second-order valence-electron chi connectivity index (χ2n) is 6.60. The number of benzene rings is 2. The van der Waals surface area contributed by atoms with Gasteiger partial charge in [-0.25, -0.2) is 9.07 Å². The maximum absolute atomic E-state index is 13.1. The first kappa shape index (κ1) is 22.3. The van der Waals surface area contributed by atoms with Crippen LogP contribution in [-0.2, 0) is 19.6 Å². The van der Waals surface area contributed by atoms with Crippen LogP contribution in [-0.4, -0.2) is 21.5 Å². The van der Waals surface area contributed by atoms with Crippen molar-refractivity contribution in [2.24, 2.45) is 0 Å². The molecule has 6 nitrogen and oxygen atoms in total. The van der Waals surface area contributed by atoms with Crippen LogP contribution in [0.3, 0.4) is 0 Å². The van der Waals surface area contributed by atoms with Crippen LogP contribution in [0.4, 0.5) is 4.39 Å². The van der Waals surface area contributed by atoms with Gasteiger partial charge in [-0.15, -0.1) is 0 Å².